The molecule has 0 spiro atoms. The zero-order chi connectivity index (χ0) is 21.0. The Kier molecular flexibility index (Phi) is 7.23. The van der Waals surface area contributed by atoms with Crippen LogP contribution in [-0.4, -0.2) is 31.5 Å². The predicted molar refractivity (Wildman–Crippen MR) is 121 cm³/mol. The average molecular weight is 514 g/mol. The molecule has 0 atom stereocenters. The second kappa shape index (κ2) is 9.67. The van der Waals surface area contributed by atoms with Crippen LogP contribution in [0.4, 0.5) is 5.69 Å². The normalized spacial score (nSPS) is 10.7. The monoisotopic (exact) mass is 512 g/mol. The van der Waals surface area contributed by atoms with Crippen LogP contribution in [0.2, 0.25) is 10.0 Å². The van der Waals surface area contributed by atoms with Crippen LogP contribution >= 0.6 is 50.9 Å². The first-order valence-electron chi connectivity index (χ1n) is 8.29. The van der Waals surface area contributed by atoms with Gasteiger partial charge in [-0.1, -0.05) is 57.0 Å². The fraction of sp³-hybridized carbons (Fsp3) is 0.105. The summed E-state index contributed by atoms with van der Waals surface area (Å²) in [4.78, 5) is 12.3. The van der Waals surface area contributed by atoms with Crippen LogP contribution in [-0.2, 0) is 11.3 Å². The molecule has 6 nitrogen and oxygen atoms in total. The molecule has 0 radical (unpaired) electrons. The molecule has 0 fully saturated rings. The van der Waals surface area contributed by atoms with Crippen LogP contribution in [0.15, 0.2) is 58.7 Å². The molecule has 1 heterocycles. The molecule has 0 unspecified atom stereocenters. The van der Waals surface area contributed by atoms with Crippen LogP contribution in [0.3, 0.4) is 0 Å². The summed E-state index contributed by atoms with van der Waals surface area (Å²) in [7, 11) is 0. The zero-order valence-electron chi connectivity index (χ0n) is 14.9. The summed E-state index contributed by atoms with van der Waals surface area (Å²) in [6, 6.07) is 9.90. The van der Waals surface area contributed by atoms with Gasteiger partial charge in [0.15, 0.2) is 11.0 Å². The molecule has 2 aromatic carbocycles. The summed E-state index contributed by atoms with van der Waals surface area (Å²) in [6.45, 7) is 4.18. The van der Waals surface area contributed by atoms with E-state index in [4.69, 9.17) is 23.2 Å². The van der Waals surface area contributed by atoms with E-state index < -0.39 is 0 Å². The highest BCUT2D eigenvalue weighted by atomic mass is 79.9. The average Bonchev–Trinajstić information content (AvgIpc) is 3.07. The molecule has 2 N–H and O–H groups in total. The Morgan fingerprint density at radius 3 is 2.79 bits per heavy atom. The van der Waals surface area contributed by atoms with E-state index in [-0.39, 0.29) is 17.4 Å². The number of aromatic hydroxyl groups is 1. The quantitative estimate of drug-likeness (QED) is 0.316. The lowest BCUT2D eigenvalue weighted by atomic mass is 10.2. The predicted octanol–water partition coefficient (Wildman–Crippen LogP) is 5.64. The summed E-state index contributed by atoms with van der Waals surface area (Å²) < 4.78 is 2.58. The van der Waals surface area contributed by atoms with Gasteiger partial charge < -0.3 is 10.4 Å². The minimum absolute atomic E-state index is 0.0811. The van der Waals surface area contributed by atoms with Crippen molar-refractivity contribution < 1.29 is 9.90 Å². The first-order chi connectivity index (χ1) is 13.9. The molecule has 1 amide bonds. The summed E-state index contributed by atoms with van der Waals surface area (Å²) in [6.07, 6.45) is 1.69. The molecule has 3 rings (SSSR count). The number of amides is 1. The molecular weight excluding hydrogens is 499 g/mol. The Morgan fingerprint density at radius 1 is 1.28 bits per heavy atom. The summed E-state index contributed by atoms with van der Waals surface area (Å²) in [5.41, 5.74) is 1.01. The number of nitrogens with zero attached hydrogens (tertiary/aromatic N) is 3. The molecule has 1 aromatic heterocycles. The van der Waals surface area contributed by atoms with Gasteiger partial charge in [-0.05, 0) is 36.4 Å². The Hall–Kier alpha value is -2.00. The van der Waals surface area contributed by atoms with Gasteiger partial charge in [0, 0.05) is 16.0 Å². The molecular formula is C19H15BrCl2N4O2S. The van der Waals surface area contributed by atoms with Gasteiger partial charge in [0.25, 0.3) is 0 Å². The van der Waals surface area contributed by atoms with Crippen molar-refractivity contribution in [3.8, 4) is 17.1 Å². The van der Waals surface area contributed by atoms with Crippen LogP contribution < -0.4 is 5.32 Å². The topological polar surface area (TPSA) is 80.0 Å². The number of phenols is 1. The van der Waals surface area contributed by atoms with Crippen molar-refractivity contribution in [2.75, 3.05) is 11.1 Å². The maximum Gasteiger partial charge on any atom is 0.234 e. The SMILES string of the molecule is C=CCn1c(SCC(=O)Nc2ccc(Cl)cc2Cl)nnc1-c1cc(Br)ccc1O. The molecule has 29 heavy (non-hydrogen) atoms. The molecule has 150 valence electrons. The number of phenolic OH excluding ortho intramolecular Hbond substituents is 1. The number of benzene rings is 2. The highest BCUT2D eigenvalue weighted by Crippen LogP contribution is 2.33. The second-order valence-electron chi connectivity index (χ2n) is 5.83. The molecule has 0 bridgehead atoms. The first-order valence-corrected chi connectivity index (χ1v) is 10.8. The smallest absolute Gasteiger partial charge is 0.234 e. The van der Waals surface area contributed by atoms with Crippen LogP contribution in [0.25, 0.3) is 11.4 Å². The fourth-order valence-electron chi connectivity index (χ4n) is 2.48. The Bertz CT molecular complexity index is 1070. The van der Waals surface area contributed by atoms with Crippen molar-refractivity contribution >= 4 is 62.5 Å². The largest absolute Gasteiger partial charge is 0.507 e. The Labute approximate surface area is 190 Å². The van der Waals surface area contributed by atoms with Gasteiger partial charge in [-0.25, -0.2) is 0 Å². The van der Waals surface area contributed by atoms with E-state index in [0.717, 1.165) is 4.47 Å². The number of hydrogen-bond acceptors (Lipinski definition) is 5. The number of thioether (sulfide) groups is 1. The first kappa shape index (κ1) is 21.7. The molecule has 10 heteroatoms. The van der Waals surface area contributed by atoms with E-state index >= 15 is 0 Å². The van der Waals surface area contributed by atoms with Crippen LogP contribution in [0.1, 0.15) is 0 Å². The van der Waals surface area contributed by atoms with Gasteiger partial charge in [0.05, 0.1) is 22.0 Å². The Morgan fingerprint density at radius 2 is 2.07 bits per heavy atom. The number of carbonyl (C=O) groups excluding carboxylic acids is 1. The maximum absolute atomic E-state index is 12.3. The highest BCUT2D eigenvalue weighted by molar-refractivity contribution is 9.10. The van der Waals surface area contributed by atoms with Gasteiger partial charge in [0.1, 0.15) is 5.75 Å². The van der Waals surface area contributed by atoms with Gasteiger partial charge in [0.2, 0.25) is 5.91 Å². The number of rotatable bonds is 7. The van der Waals surface area contributed by atoms with Crippen molar-refractivity contribution in [3.63, 3.8) is 0 Å². The standard InChI is InChI=1S/C19H15BrCl2N4O2S/c1-2-7-26-18(13-8-11(20)3-6-16(13)27)24-25-19(26)29-10-17(28)23-15-5-4-12(21)9-14(15)22/h2-6,8-9,27H,1,7,10H2,(H,23,28). The van der Waals surface area contributed by atoms with Crippen molar-refractivity contribution in [1.29, 1.82) is 0 Å². The fourth-order valence-corrected chi connectivity index (χ4v) is 4.05. The lowest BCUT2D eigenvalue weighted by molar-refractivity contribution is -0.113. The van der Waals surface area contributed by atoms with Gasteiger partial charge in [-0.2, -0.15) is 0 Å². The summed E-state index contributed by atoms with van der Waals surface area (Å²) >= 11 is 16.6. The summed E-state index contributed by atoms with van der Waals surface area (Å²) in [5.74, 6) is 0.405. The van der Waals surface area contributed by atoms with Crippen molar-refractivity contribution in [3.05, 3.63) is 63.6 Å². The van der Waals surface area contributed by atoms with E-state index in [1.54, 1.807) is 47.0 Å². The lowest BCUT2D eigenvalue weighted by Crippen LogP contribution is -2.15. The van der Waals surface area contributed by atoms with Crippen molar-refractivity contribution in [1.82, 2.24) is 14.8 Å². The molecule has 0 saturated carbocycles. The van der Waals surface area contributed by atoms with Crippen LogP contribution in [0, 0.1) is 0 Å². The molecule has 3 aromatic rings. The molecule has 0 aliphatic heterocycles. The number of allylic oxidation sites excluding steroid dienone is 1. The van der Waals surface area contributed by atoms with E-state index in [1.165, 1.54) is 11.8 Å². The van der Waals surface area contributed by atoms with Gasteiger partial charge >= 0.3 is 0 Å². The van der Waals surface area contributed by atoms with E-state index in [0.29, 0.717) is 38.8 Å². The number of anilines is 1. The number of aromatic nitrogens is 3. The van der Waals surface area contributed by atoms with E-state index in [9.17, 15) is 9.90 Å². The third-order valence-electron chi connectivity index (χ3n) is 3.77. The lowest BCUT2D eigenvalue weighted by Gasteiger charge is -2.10. The molecule has 0 aliphatic rings. The number of carbonyl (C=O) groups is 1. The van der Waals surface area contributed by atoms with Gasteiger partial charge in [-0.15, -0.1) is 16.8 Å². The number of hydrogen-bond donors (Lipinski definition) is 2. The van der Waals surface area contributed by atoms with Crippen molar-refractivity contribution in [2.45, 2.75) is 11.7 Å². The van der Waals surface area contributed by atoms with E-state index in [2.05, 4.69) is 38.0 Å². The second-order valence-corrected chi connectivity index (χ2v) is 8.53. The van der Waals surface area contributed by atoms with Gasteiger partial charge in [-0.3, -0.25) is 9.36 Å². The zero-order valence-corrected chi connectivity index (χ0v) is 18.8. The summed E-state index contributed by atoms with van der Waals surface area (Å²) in [5, 5.41) is 22.7. The molecule has 0 aliphatic carbocycles. The number of nitrogens with one attached hydrogen (secondary N) is 1. The van der Waals surface area contributed by atoms with Crippen LogP contribution in [0.5, 0.6) is 5.75 Å². The maximum atomic E-state index is 12.3. The minimum atomic E-state index is -0.251. The third-order valence-corrected chi connectivity index (χ3v) is 5.77. The Balaban J connectivity index is 1.77. The molecule has 0 saturated heterocycles. The number of halogens is 3. The third kappa shape index (κ3) is 5.33. The highest BCUT2D eigenvalue weighted by Gasteiger charge is 2.18. The minimum Gasteiger partial charge on any atom is -0.507 e. The van der Waals surface area contributed by atoms with Crippen molar-refractivity contribution in [2.24, 2.45) is 0 Å². The van der Waals surface area contributed by atoms with E-state index in [1.807, 2.05) is 0 Å².